The van der Waals surface area contributed by atoms with Gasteiger partial charge in [-0.1, -0.05) is 13.8 Å². The average molecular weight is 439 g/mol. The second kappa shape index (κ2) is 9.33. The summed E-state index contributed by atoms with van der Waals surface area (Å²) in [7, 11) is 1.43. The van der Waals surface area contributed by atoms with Crippen molar-refractivity contribution in [1.29, 1.82) is 0 Å². The molecule has 1 aliphatic rings. The second-order valence-electron chi connectivity index (χ2n) is 8.03. The lowest BCUT2D eigenvalue weighted by molar-refractivity contribution is -0.132. The van der Waals surface area contributed by atoms with Crippen LogP contribution in [0.5, 0.6) is 5.75 Å². The molecular formula is C23H27FN6O2. The zero-order chi connectivity index (χ0) is 22.7. The minimum absolute atomic E-state index is 0.0202. The third-order valence-corrected chi connectivity index (χ3v) is 5.60. The maximum atomic E-state index is 13.8. The Balaban J connectivity index is 1.47. The van der Waals surface area contributed by atoms with Gasteiger partial charge in [-0.15, -0.1) is 0 Å². The van der Waals surface area contributed by atoms with Gasteiger partial charge in [-0.05, 0) is 36.2 Å². The van der Waals surface area contributed by atoms with Gasteiger partial charge in [0.15, 0.2) is 11.6 Å². The normalized spacial score (nSPS) is 14.2. The van der Waals surface area contributed by atoms with Gasteiger partial charge >= 0.3 is 0 Å². The third-order valence-electron chi connectivity index (χ3n) is 5.60. The maximum Gasteiger partial charge on any atom is 0.244 e. The van der Waals surface area contributed by atoms with Crippen LogP contribution in [0.3, 0.4) is 0 Å². The molecule has 1 aromatic carbocycles. The summed E-state index contributed by atoms with van der Waals surface area (Å²) in [5.41, 5.74) is 2.38. The van der Waals surface area contributed by atoms with Crippen molar-refractivity contribution in [2.24, 2.45) is 0 Å². The van der Waals surface area contributed by atoms with Gasteiger partial charge in [0.2, 0.25) is 11.9 Å². The zero-order valence-corrected chi connectivity index (χ0v) is 18.5. The first-order chi connectivity index (χ1) is 15.5. The Kier molecular flexibility index (Phi) is 6.34. The van der Waals surface area contributed by atoms with E-state index in [1.807, 2.05) is 11.0 Å². The van der Waals surface area contributed by atoms with Gasteiger partial charge in [0.1, 0.15) is 6.54 Å². The summed E-state index contributed by atoms with van der Waals surface area (Å²) in [6.07, 6.45) is 3.44. The molecule has 8 nitrogen and oxygen atoms in total. The quantitative estimate of drug-likeness (QED) is 0.589. The molecule has 0 saturated carbocycles. The summed E-state index contributed by atoms with van der Waals surface area (Å²) in [6.45, 7) is 6.87. The fourth-order valence-electron chi connectivity index (χ4n) is 3.82. The number of carbonyl (C=O) groups is 1. The monoisotopic (exact) mass is 438 g/mol. The predicted octanol–water partition coefficient (Wildman–Crippen LogP) is 2.96. The fourth-order valence-corrected chi connectivity index (χ4v) is 3.82. The van der Waals surface area contributed by atoms with Crippen LogP contribution >= 0.6 is 0 Å². The number of piperazine rings is 1. The number of methoxy groups -OCH3 is 1. The van der Waals surface area contributed by atoms with Gasteiger partial charge in [0.05, 0.1) is 12.8 Å². The molecule has 3 heterocycles. The van der Waals surface area contributed by atoms with Gasteiger partial charge in [-0.3, -0.25) is 9.48 Å². The molecule has 4 rings (SSSR count). The Bertz CT molecular complexity index is 1080. The molecule has 0 atom stereocenters. The Morgan fingerprint density at radius 1 is 1.12 bits per heavy atom. The predicted molar refractivity (Wildman–Crippen MR) is 119 cm³/mol. The minimum Gasteiger partial charge on any atom is -0.494 e. The molecule has 0 N–H and O–H groups in total. The first kappa shape index (κ1) is 21.7. The molecule has 1 fully saturated rings. The number of hydrogen-bond donors (Lipinski definition) is 0. The van der Waals surface area contributed by atoms with Crippen LogP contribution in [0.4, 0.5) is 10.3 Å². The number of nitrogens with zero attached hydrogens (tertiary/aromatic N) is 6. The molecule has 0 bridgehead atoms. The minimum atomic E-state index is -0.421. The number of rotatable bonds is 6. The molecule has 0 unspecified atom stereocenters. The highest BCUT2D eigenvalue weighted by Gasteiger charge is 2.24. The van der Waals surface area contributed by atoms with E-state index in [0.717, 1.165) is 11.3 Å². The fraction of sp³-hybridized carbons (Fsp3) is 0.391. The van der Waals surface area contributed by atoms with Crippen LogP contribution < -0.4 is 9.64 Å². The number of halogens is 1. The van der Waals surface area contributed by atoms with Gasteiger partial charge in [-0.25, -0.2) is 14.4 Å². The maximum absolute atomic E-state index is 13.8. The summed E-state index contributed by atoms with van der Waals surface area (Å²) in [6, 6.07) is 8.40. The van der Waals surface area contributed by atoms with Crippen molar-refractivity contribution < 1.29 is 13.9 Å². The summed E-state index contributed by atoms with van der Waals surface area (Å²) in [5, 5.41) is 4.66. The lowest BCUT2D eigenvalue weighted by Crippen LogP contribution is -2.50. The van der Waals surface area contributed by atoms with Gasteiger partial charge < -0.3 is 14.5 Å². The number of carbonyl (C=O) groups excluding carboxylic acids is 1. The van der Waals surface area contributed by atoms with Crippen LogP contribution in [-0.2, 0) is 11.3 Å². The highest BCUT2D eigenvalue weighted by molar-refractivity contribution is 5.76. The lowest BCUT2D eigenvalue weighted by Gasteiger charge is -2.34. The first-order valence-electron chi connectivity index (χ1n) is 10.7. The smallest absolute Gasteiger partial charge is 0.244 e. The van der Waals surface area contributed by atoms with Gasteiger partial charge in [0, 0.05) is 49.8 Å². The van der Waals surface area contributed by atoms with Crippen LogP contribution in [0.2, 0.25) is 0 Å². The number of ether oxygens (including phenoxy) is 1. The van der Waals surface area contributed by atoms with Crippen LogP contribution in [-0.4, -0.2) is 63.8 Å². The Hall–Kier alpha value is -3.49. The van der Waals surface area contributed by atoms with Crippen LogP contribution in [0, 0.1) is 5.82 Å². The molecule has 1 aliphatic heterocycles. The Labute approximate surface area is 186 Å². The molecule has 2 aromatic heterocycles. The van der Waals surface area contributed by atoms with Crippen molar-refractivity contribution in [3.05, 3.63) is 54.2 Å². The van der Waals surface area contributed by atoms with E-state index in [9.17, 15) is 9.18 Å². The van der Waals surface area contributed by atoms with Crippen molar-refractivity contribution in [1.82, 2.24) is 24.6 Å². The summed E-state index contributed by atoms with van der Waals surface area (Å²) in [5.74, 6) is 0.632. The number of anilines is 1. The van der Waals surface area contributed by atoms with Crippen molar-refractivity contribution in [3.8, 4) is 17.0 Å². The molecule has 0 aliphatic carbocycles. The van der Waals surface area contributed by atoms with Crippen molar-refractivity contribution in [2.75, 3.05) is 38.2 Å². The van der Waals surface area contributed by atoms with E-state index < -0.39 is 5.82 Å². The van der Waals surface area contributed by atoms with Gasteiger partial charge in [-0.2, -0.15) is 5.10 Å². The molecule has 1 amide bonds. The van der Waals surface area contributed by atoms with Crippen LogP contribution in [0.1, 0.15) is 25.5 Å². The molecular weight excluding hydrogens is 411 g/mol. The van der Waals surface area contributed by atoms with Crippen LogP contribution in [0.15, 0.2) is 42.7 Å². The Morgan fingerprint density at radius 3 is 2.50 bits per heavy atom. The average Bonchev–Trinajstić information content (AvgIpc) is 3.24. The van der Waals surface area contributed by atoms with Gasteiger partial charge in [0.25, 0.3) is 0 Å². The van der Waals surface area contributed by atoms with E-state index in [1.54, 1.807) is 35.3 Å². The number of amides is 1. The molecule has 3 aromatic rings. The van der Waals surface area contributed by atoms with E-state index in [1.165, 1.54) is 13.2 Å². The highest BCUT2D eigenvalue weighted by atomic mass is 19.1. The van der Waals surface area contributed by atoms with Crippen molar-refractivity contribution in [3.63, 3.8) is 0 Å². The summed E-state index contributed by atoms with van der Waals surface area (Å²) >= 11 is 0. The lowest BCUT2D eigenvalue weighted by atomic mass is 10.1. The molecule has 9 heteroatoms. The number of aromatic nitrogens is 4. The summed E-state index contributed by atoms with van der Waals surface area (Å²) < 4.78 is 20.6. The topological polar surface area (TPSA) is 76.4 Å². The van der Waals surface area contributed by atoms with Crippen molar-refractivity contribution in [2.45, 2.75) is 26.3 Å². The van der Waals surface area contributed by atoms with E-state index in [4.69, 9.17) is 4.74 Å². The molecule has 32 heavy (non-hydrogen) atoms. The number of hydrogen-bond acceptors (Lipinski definition) is 6. The molecule has 168 valence electrons. The van der Waals surface area contributed by atoms with E-state index in [0.29, 0.717) is 37.8 Å². The molecule has 0 radical (unpaired) electrons. The van der Waals surface area contributed by atoms with E-state index in [-0.39, 0.29) is 24.1 Å². The molecule has 1 saturated heterocycles. The van der Waals surface area contributed by atoms with E-state index in [2.05, 4.69) is 33.8 Å². The highest BCUT2D eigenvalue weighted by Crippen LogP contribution is 2.28. The first-order valence-corrected chi connectivity index (χ1v) is 10.7. The number of benzene rings is 1. The summed E-state index contributed by atoms with van der Waals surface area (Å²) in [4.78, 5) is 25.5. The standard InChI is InChI=1S/C23H27FN6O2/c1-16(2)20-14-19(17-5-6-18(24)21(13-17)32-3)27-30(20)15-22(31)28-9-11-29(12-10-28)23-25-7-4-8-26-23/h4-8,13-14,16H,9-12,15H2,1-3H3. The third kappa shape index (κ3) is 4.56. The zero-order valence-electron chi connectivity index (χ0n) is 18.5. The largest absolute Gasteiger partial charge is 0.494 e. The SMILES string of the molecule is COc1cc(-c2cc(C(C)C)n(CC(=O)N3CCN(c4ncccn4)CC3)n2)ccc1F. The second-order valence-corrected chi connectivity index (χ2v) is 8.03. The van der Waals surface area contributed by atoms with Crippen molar-refractivity contribution >= 4 is 11.9 Å². The van der Waals surface area contributed by atoms with Crippen LogP contribution in [0.25, 0.3) is 11.3 Å². The van der Waals surface area contributed by atoms with E-state index >= 15 is 0 Å². The molecule has 0 spiro atoms. The Morgan fingerprint density at radius 2 is 1.84 bits per heavy atom.